The Morgan fingerprint density at radius 2 is 2.32 bits per heavy atom. The first kappa shape index (κ1) is 16.9. The average molecular weight is 329 g/mol. The van der Waals surface area contributed by atoms with Gasteiger partial charge in [0.2, 0.25) is 0 Å². The van der Waals surface area contributed by atoms with Crippen molar-refractivity contribution < 1.29 is 19.4 Å². The number of ether oxygens (including phenoxy) is 2. The summed E-state index contributed by atoms with van der Waals surface area (Å²) >= 11 is 6.14. The van der Waals surface area contributed by atoms with Gasteiger partial charge in [0.1, 0.15) is 0 Å². The molecule has 0 aliphatic carbocycles. The molecule has 1 aromatic carbocycles. The van der Waals surface area contributed by atoms with Crippen molar-refractivity contribution in [3.8, 4) is 5.75 Å². The lowest BCUT2D eigenvalue weighted by Gasteiger charge is -2.23. The second-order valence-corrected chi connectivity index (χ2v) is 5.80. The van der Waals surface area contributed by atoms with Crippen LogP contribution in [-0.2, 0) is 4.74 Å². The molecule has 7 heteroatoms. The van der Waals surface area contributed by atoms with Gasteiger partial charge in [-0.3, -0.25) is 0 Å². The van der Waals surface area contributed by atoms with Gasteiger partial charge in [0, 0.05) is 6.54 Å². The van der Waals surface area contributed by atoms with Gasteiger partial charge in [0.05, 0.1) is 42.7 Å². The predicted octanol–water partition coefficient (Wildman–Crippen LogP) is 2.35. The number of para-hydroxylation sites is 1. The van der Waals surface area contributed by atoms with Crippen molar-refractivity contribution in [2.24, 2.45) is 0 Å². The number of benzene rings is 1. The van der Waals surface area contributed by atoms with Gasteiger partial charge < -0.3 is 24.8 Å². The Bertz CT molecular complexity index is 524. The number of nitrogens with zero attached hydrogens (tertiary/aromatic N) is 1. The van der Waals surface area contributed by atoms with Crippen LogP contribution in [0.15, 0.2) is 18.2 Å². The van der Waals surface area contributed by atoms with Gasteiger partial charge in [0.15, 0.2) is 5.75 Å². The highest BCUT2D eigenvalue weighted by atomic mass is 35.5. The Kier molecular flexibility index (Phi) is 5.88. The number of β-amino-alcohol motifs (C(OH)–C–C–N with tert-alkyl or cyclic N) is 1. The van der Waals surface area contributed by atoms with Gasteiger partial charge in [-0.05, 0) is 26.0 Å². The van der Waals surface area contributed by atoms with Crippen LogP contribution in [0.25, 0.3) is 0 Å². The van der Waals surface area contributed by atoms with Crippen LogP contribution in [0.2, 0.25) is 5.02 Å². The Morgan fingerprint density at radius 1 is 1.55 bits per heavy atom. The molecule has 2 amide bonds. The molecule has 1 aliphatic rings. The van der Waals surface area contributed by atoms with E-state index in [1.807, 2.05) is 13.8 Å². The van der Waals surface area contributed by atoms with Crippen LogP contribution < -0.4 is 10.1 Å². The number of hydrogen-bond donors (Lipinski definition) is 2. The van der Waals surface area contributed by atoms with Gasteiger partial charge in [-0.15, -0.1) is 0 Å². The summed E-state index contributed by atoms with van der Waals surface area (Å²) in [6, 6.07) is 4.86. The third-order valence-corrected chi connectivity index (χ3v) is 3.39. The zero-order valence-electron chi connectivity index (χ0n) is 12.7. The van der Waals surface area contributed by atoms with Gasteiger partial charge in [-0.2, -0.15) is 0 Å². The van der Waals surface area contributed by atoms with E-state index >= 15 is 0 Å². The zero-order valence-corrected chi connectivity index (χ0v) is 13.5. The zero-order chi connectivity index (χ0) is 16.1. The van der Waals surface area contributed by atoms with E-state index < -0.39 is 6.10 Å². The quantitative estimate of drug-likeness (QED) is 0.893. The minimum absolute atomic E-state index is 0.0658. The topological polar surface area (TPSA) is 71.0 Å². The number of amides is 2. The van der Waals surface area contributed by atoms with Crippen LogP contribution in [0, 0.1) is 0 Å². The van der Waals surface area contributed by atoms with E-state index in [1.165, 1.54) is 4.90 Å². The SMILES string of the molecule is CC(C)Oc1c(Cl)cccc1NC(=O)N1CCOCC(O)C1. The summed E-state index contributed by atoms with van der Waals surface area (Å²) in [6.45, 7) is 5.06. The molecule has 0 spiro atoms. The first-order valence-electron chi connectivity index (χ1n) is 7.24. The second kappa shape index (κ2) is 7.67. The highest BCUT2D eigenvalue weighted by Gasteiger charge is 2.22. The number of aliphatic hydroxyl groups excluding tert-OH is 1. The molecule has 0 saturated carbocycles. The molecule has 1 fully saturated rings. The first-order valence-corrected chi connectivity index (χ1v) is 7.62. The Morgan fingerprint density at radius 3 is 3.05 bits per heavy atom. The molecular formula is C15H21ClN2O4. The molecule has 0 bridgehead atoms. The van der Waals surface area contributed by atoms with E-state index in [2.05, 4.69) is 5.32 Å². The average Bonchev–Trinajstić information content (AvgIpc) is 2.67. The standard InChI is InChI=1S/C15H21ClN2O4/c1-10(2)22-14-12(16)4-3-5-13(14)17-15(20)18-6-7-21-9-11(19)8-18/h3-5,10-11,19H,6-9H2,1-2H3,(H,17,20). The van der Waals surface area contributed by atoms with E-state index in [-0.39, 0.29) is 25.3 Å². The monoisotopic (exact) mass is 328 g/mol. The molecule has 0 radical (unpaired) electrons. The van der Waals surface area contributed by atoms with E-state index in [9.17, 15) is 9.90 Å². The lowest BCUT2D eigenvalue weighted by molar-refractivity contribution is 0.0575. The predicted molar refractivity (Wildman–Crippen MR) is 84.6 cm³/mol. The smallest absolute Gasteiger partial charge is 0.322 e. The fourth-order valence-corrected chi connectivity index (χ4v) is 2.35. The van der Waals surface area contributed by atoms with Crippen LogP contribution in [0.1, 0.15) is 13.8 Å². The lowest BCUT2D eigenvalue weighted by atomic mass is 10.3. The molecule has 6 nitrogen and oxygen atoms in total. The number of hydrogen-bond acceptors (Lipinski definition) is 4. The number of aliphatic hydroxyl groups is 1. The normalized spacial score (nSPS) is 19.0. The van der Waals surface area contributed by atoms with Crippen molar-refractivity contribution in [1.82, 2.24) is 4.90 Å². The molecule has 1 saturated heterocycles. The van der Waals surface area contributed by atoms with Crippen molar-refractivity contribution in [3.05, 3.63) is 23.2 Å². The molecule has 22 heavy (non-hydrogen) atoms. The first-order chi connectivity index (χ1) is 10.5. The van der Waals surface area contributed by atoms with E-state index in [4.69, 9.17) is 21.1 Å². The molecule has 0 aromatic heterocycles. The summed E-state index contributed by atoms with van der Waals surface area (Å²) in [4.78, 5) is 13.9. The van der Waals surface area contributed by atoms with Crippen LogP contribution in [-0.4, -0.2) is 54.5 Å². The molecule has 1 aliphatic heterocycles. The van der Waals surface area contributed by atoms with Crippen LogP contribution in [0.4, 0.5) is 10.5 Å². The van der Waals surface area contributed by atoms with Crippen LogP contribution in [0.3, 0.4) is 0 Å². The van der Waals surface area contributed by atoms with Crippen molar-refractivity contribution in [2.45, 2.75) is 26.1 Å². The molecule has 1 atom stereocenters. The number of carbonyl (C=O) groups excluding carboxylic acids is 1. The van der Waals surface area contributed by atoms with Crippen molar-refractivity contribution in [1.29, 1.82) is 0 Å². The number of anilines is 1. The molecule has 1 aromatic rings. The maximum atomic E-state index is 12.4. The fourth-order valence-electron chi connectivity index (χ4n) is 2.13. The Balaban J connectivity index is 2.12. The van der Waals surface area contributed by atoms with Gasteiger partial charge in [-0.25, -0.2) is 4.79 Å². The molecule has 1 heterocycles. The third kappa shape index (κ3) is 4.50. The number of nitrogens with one attached hydrogen (secondary N) is 1. The number of carbonyl (C=O) groups is 1. The van der Waals surface area contributed by atoms with E-state index in [1.54, 1.807) is 18.2 Å². The Hall–Kier alpha value is -1.50. The summed E-state index contributed by atoms with van der Waals surface area (Å²) < 4.78 is 10.9. The summed E-state index contributed by atoms with van der Waals surface area (Å²) in [6.07, 6.45) is -0.747. The van der Waals surface area contributed by atoms with Gasteiger partial charge >= 0.3 is 6.03 Å². The second-order valence-electron chi connectivity index (χ2n) is 5.39. The van der Waals surface area contributed by atoms with E-state index in [0.717, 1.165) is 0 Å². The number of urea groups is 1. The Labute approximate surface area is 135 Å². The van der Waals surface area contributed by atoms with Gasteiger partial charge in [-0.1, -0.05) is 17.7 Å². The molecular weight excluding hydrogens is 308 g/mol. The summed E-state index contributed by atoms with van der Waals surface area (Å²) in [7, 11) is 0. The minimum atomic E-state index is -0.681. The van der Waals surface area contributed by atoms with E-state index in [0.29, 0.717) is 29.6 Å². The molecule has 2 N–H and O–H groups in total. The summed E-state index contributed by atoms with van der Waals surface area (Å²) in [5.74, 6) is 0.444. The molecule has 1 unspecified atom stereocenters. The van der Waals surface area contributed by atoms with Crippen LogP contribution in [0.5, 0.6) is 5.75 Å². The highest BCUT2D eigenvalue weighted by molar-refractivity contribution is 6.32. The minimum Gasteiger partial charge on any atom is -0.487 e. The fraction of sp³-hybridized carbons (Fsp3) is 0.533. The summed E-state index contributed by atoms with van der Waals surface area (Å²) in [5, 5.41) is 12.9. The maximum Gasteiger partial charge on any atom is 0.322 e. The lowest BCUT2D eigenvalue weighted by Crippen LogP contribution is -2.40. The third-order valence-electron chi connectivity index (χ3n) is 3.10. The van der Waals surface area contributed by atoms with Crippen molar-refractivity contribution in [3.63, 3.8) is 0 Å². The summed E-state index contributed by atoms with van der Waals surface area (Å²) in [5.41, 5.74) is 0.505. The number of rotatable bonds is 3. The van der Waals surface area contributed by atoms with Crippen molar-refractivity contribution in [2.75, 3.05) is 31.6 Å². The van der Waals surface area contributed by atoms with Crippen LogP contribution >= 0.6 is 11.6 Å². The highest BCUT2D eigenvalue weighted by Crippen LogP contribution is 2.33. The van der Waals surface area contributed by atoms with Crippen molar-refractivity contribution >= 4 is 23.3 Å². The molecule has 2 rings (SSSR count). The van der Waals surface area contributed by atoms with Gasteiger partial charge in [0.25, 0.3) is 0 Å². The molecule has 122 valence electrons. The maximum absolute atomic E-state index is 12.4. The number of halogens is 1. The largest absolute Gasteiger partial charge is 0.487 e.